The minimum absolute atomic E-state index is 0.161. The molecule has 0 radical (unpaired) electrons. The minimum Gasteiger partial charge on any atom is -0.371 e. The van der Waals surface area contributed by atoms with E-state index >= 15 is 0 Å². The van der Waals surface area contributed by atoms with E-state index in [0.29, 0.717) is 6.04 Å². The number of benzene rings is 1. The molecule has 1 aliphatic rings. The molecule has 0 amide bonds. The number of hydrogen-bond acceptors (Lipinski definition) is 2. The van der Waals surface area contributed by atoms with Gasteiger partial charge in [0.05, 0.1) is 14.1 Å². The summed E-state index contributed by atoms with van der Waals surface area (Å²) >= 11 is 0. The molecular formula is C10H13NO. The van der Waals surface area contributed by atoms with Gasteiger partial charge in [-0.3, -0.25) is 0 Å². The van der Waals surface area contributed by atoms with Crippen LogP contribution in [-0.2, 0) is 4.74 Å². The Kier molecular flexibility index (Phi) is 2.04. The van der Waals surface area contributed by atoms with Crippen molar-refractivity contribution in [2.45, 2.75) is 6.10 Å². The highest BCUT2D eigenvalue weighted by atomic mass is 16.5. The predicted octanol–water partition coefficient (Wildman–Crippen LogP) is 1.35. The number of nitrogens with one attached hydrogen (secondary N) is 1. The van der Waals surface area contributed by atoms with Crippen LogP contribution in [-0.4, -0.2) is 19.7 Å². The Bertz CT molecular complexity index is 267. The van der Waals surface area contributed by atoms with Gasteiger partial charge in [0.15, 0.2) is 0 Å². The molecule has 1 heterocycles. The molecule has 0 saturated carbocycles. The normalized spacial score (nSPS) is 25.0. The minimum atomic E-state index is 0.161. The summed E-state index contributed by atoms with van der Waals surface area (Å²) in [7, 11) is 0. The van der Waals surface area contributed by atoms with Crippen LogP contribution in [0.4, 0.5) is 0 Å². The van der Waals surface area contributed by atoms with Gasteiger partial charge in [0.1, 0.15) is 0 Å². The first-order valence-electron chi connectivity index (χ1n) is 4.75. The number of ether oxygens (including phenoxy) is 1. The second kappa shape index (κ2) is 3.70. The van der Waals surface area contributed by atoms with E-state index in [1.807, 2.05) is 12.1 Å². The fourth-order valence-electron chi connectivity index (χ4n) is 1.39. The molecule has 0 aliphatic carbocycles. The SMILES string of the molecule is [2H]c1ccc([C@@H]2CNCCO2)cc1. The number of morpholine rings is 1. The number of hydrogen-bond donors (Lipinski definition) is 1. The van der Waals surface area contributed by atoms with Gasteiger partial charge in [-0.25, -0.2) is 0 Å². The lowest BCUT2D eigenvalue weighted by atomic mass is 10.1. The van der Waals surface area contributed by atoms with Gasteiger partial charge in [-0.1, -0.05) is 30.3 Å². The zero-order chi connectivity index (χ0) is 9.10. The van der Waals surface area contributed by atoms with E-state index in [4.69, 9.17) is 6.11 Å². The predicted molar refractivity (Wildman–Crippen MR) is 48.0 cm³/mol. The van der Waals surface area contributed by atoms with Crippen LogP contribution in [0.1, 0.15) is 13.0 Å². The quantitative estimate of drug-likeness (QED) is 0.676. The molecule has 1 aromatic rings. The molecule has 0 aromatic heterocycles. The maximum absolute atomic E-state index is 7.35. The second-order valence-corrected chi connectivity index (χ2v) is 2.90. The Balaban J connectivity index is 2.10. The van der Waals surface area contributed by atoms with Gasteiger partial charge in [0.25, 0.3) is 0 Å². The zero-order valence-corrected chi connectivity index (χ0v) is 6.92. The van der Waals surface area contributed by atoms with Gasteiger partial charge in [-0.15, -0.1) is 0 Å². The van der Waals surface area contributed by atoms with Crippen LogP contribution in [0.15, 0.2) is 30.3 Å². The summed E-state index contributed by atoms with van der Waals surface area (Å²) in [6.07, 6.45) is 0.161. The molecule has 0 bridgehead atoms. The molecule has 1 aromatic carbocycles. The lowest BCUT2D eigenvalue weighted by molar-refractivity contribution is 0.0277. The van der Waals surface area contributed by atoms with E-state index < -0.39 is 0 Å². The van der Waals surface area contributed by atoms with E-state index in [1.165, 1.54) is 0 Å². The topological polar surface area (TPSA) is 21.3 Å². The van der Waals surface area contributed by atoms with Crippen molar-refractivity contribution in [2.75, 3.05) is 19.7 Å². The molecule has 1 saturated heterocycles. The fourth-order valence-corrected chi connectivity index (χ4v) is 1.39. The molecule has 12 heavy (non-hydrogen) atoms. The average molecular weight is 164 g/mol. The molecule has 1 atom stereocenters. The number of rotatable bonds is 1. The van der Waals surface area contributed by atoms with Crippen molar-refractivity contribution in [1.82, 2.24) is 5.32 Å². The van der Waals surface area contributed by atoms with Crippen LogP contribution < -0.4 is 5.32 Å². The van der Waals surface area contributed by atoms with E-state index in [-0.39, 0.29) is 6.10 Å². The molecule has 2 nitrogen and oxygen atoms in total. The van der Waals surface area contributed by atoms with E-state index in [0.717, 1.165) is 25.3 Å². The molecule has 64 valence electrons. The fraction of sp³-hybridized carbons (Fsp3) is 0.400. The Morgan fingerprint density at radius 2 is 2.33 bits per heavy atom. The van der Waals surface area contributed by atoms with Gasteiger partial charge < -0.3 is 10.1 Å². The highest BCUT2D eigenvalue weighted by Gasteiger charge is 2.14. The first-order valence-corrected chi connectivity index (χ1v) is 4.25. The van der Waals surface area contributed by atoms with Gasteiger partial charge in [-0.2, -0.15) is 0 Å². The van der Waals surface area contributed by atoms with Gasteiger partial charge >= 0.3 is 0 Å². The van der Waals surface area contributed by atoms with Gasteiger partial charge in [0, 0.05) is 13.1 Å². The lowest BCUT2D eigenvalue weighted by Gasteiger charge is -2.23. The van der Waals surface area contributed by atoms with Crippen LogP contribution in [0.2, 0.25) is 0 Å². The van der Waals surface area contributed by atoms with Gasteiger partial charge in [0.2, 0.25) is 0 Å². The molecule has 1 aliphatic heterocycles. The van der Waals surface area contributed by atoms with E-state index in [1.54, 1.807) is 12.1 Å². The third kappa shape index (κ3) is 1.65. The van der Waals surface area contributed by atoms with Crippen molar-refractivity contribution in [3.05, 3.63) is 35.9 Å². The third-order valence-electron chi connectivity index (χ3n) is 2.04. The standard InChI is InChI=1S/C10H13NO/c1-2-4-9(5-3-1)10-8-11-6-7-12-10/h1-5,10-11H,6-8H2/t10-/m0/s1/i1D. The van der Waals surface area contributed by atoms with Crippen LogP contribution in [0, 0.1) is 0 Å². The Labute approximate surface area is 74.0 Å². The monoisotopic (exact) mass is 164 g/mol. The van der Waals surface area contributed by atoms with Crippen LogP contribution in [0.5, 0.6) is 0 Å². The molecule has 2 heteroatoms. The highest BCUT2D eigenvalue weighted by molar-refractivity contribution is 5.18. The van der Waals surface area contributed by atoms with E-state index in [2.05, 4.69) is 5.32 Å². The smallest absolute Gasteiger partial charge is 0.0949 e. The van der Waals surface area contributed by atoms with Crippen LogP contribution in [0.25, 0.3) is 0 Å². The average Bonchev–Trinajstić information content (AvgIpc) is 2.20. The summed E-state index contributed by atoms with van der Waals surface area (Å²) < 4.78 is 12.9. The van der Waals surface area contributed by atoms with Crippen LogP contribution >= 0.6 is 0 Å². The summed E-state index contributed by atoms with van der Waals surface area (Å²) in [4.78, 5) is 0. The van der Waals surface area contributed by atoms with Gasteiger partial charge in [-0.05, 0) is 5.56 Å². The summed E-state index contributed by atoms with van der Waals surface area (Å²) in [5.74, 6) is 0. The molecule has 2 rings (SSSR count). The van der Waals surface area contributed by atoms with Crippen molar-refractivity contribution >= 4 is 0 Å². The Morgan fingerprint density at radius 3 is 3.00 bits per heavy atom. The first kappa shape index (κ1) is 6.63. The molecule has 0 unspecified atom stereocenters. The van der Waals surface area contributed by atoms with Crippen LogP contribution in [0.3, 0.4) is 0 Å². The third-order valence-corrected chi connectivity index (χ3v) is 2.04. The van der Waals surface area contributed by atoms with Crippen molar-refractivity contribution < 1.29 is 6.11 Å². The molecule has 1 N–H and O–H groups in total. The zero-order valence-electron chi connectivity index (χ0n) is 7.92. The Hall–Kier alpha value is -0.860. The largest absolute Gasteiger partial charge is 0.371 e. The lowest BCUT2D eigenvalue weighted by Crippen LogP contribution is -2.33. The first-order chi connectivity index (χ1) is 6.36. The summed E-state index contributed by atoms with van der Waals surface area (Å²) in [5, 5.41) is 3.28. The van der Waals surface area contributed by atoms with E-state index in [9.17, 15) is 0 Å². The summed E-state index contributed by atoms with van der Waals surface area (Å²) in [6, 6.07) is 8.06. The van der Waals surface area contributed by atoms with Crippen molar-refractivity contribution in [3.8, 4) is 0 Å². The second-order valence-electron chi connectivity index (χ2n) is 2.90. The molecule has 1 fully saturated rings. The Morgan fingerprint density at radius 1 is 1.50 bits per heavy atom. The maximum atomic E-state index is 7.35. The van der Waals surface area contributed by atoms with Crippen molar-refractivity contribution in [2.24, 2.45) is 0 Å². The molecular weight excluding hydrogens is 150 g/mol. The summed E-state index contributed by atoms with van der Waals surface area (Å²) in [5.41, 5.74) is 1.16. The highest BCUT2D eigenvalue weighted by Crippen LogP contribution is 2.17. The maximum Gasteiger partial charge on any atom is 0.0949 e. The van der Waals surface area contributed by atoms with Crippen molar-refractivity contribution in [1.29, 1.82) is 0 Å². The molecule has 0 spiro atoms. The summed E-state index contributed by atoms with van der Waals surface area (Å²) in [6.45, 7) is 2.58. The van der Waals surface area contributed by atoms with Crippen molar-refractivity contribution in [3.63, 3.8) is 0 Å².